The summed E-state index contributed by atoms with van der Waals surface area (Å²) in [6.07, 6.45) is 7.82. The number of pyridine rings is 2. The molecule has 0 atom stereocenters. The van der Waals surface area contributed by atoms with E-state index in [1.54, 1.807) is 0 Å². The number of hydrogen-bond donors (Lipinski definition) is 0. The fourth-order valence-electron chi connectivity index (χ4n) is 6.98. The molecule has 0 saturated heterocycles. The Kier molecular flexibility index (Phi) is 11.1. The van der Waals surface area contributed by atoms with E-state index < -0.39 is 20.3 Å². The van der Waals surface area contributed by atoms with Gasteiger partial charge in [-0.25, -0.2) is 0 Å². The third-order valence-corrected chi connectivity index (χ3v) is 12.8. The summed E-state index contributed by atoms with van der Waals surface area (Å²) in [6.45, 7) is 10.6. The Bertz CT molecular complexity index is 2380. The largest absolute Gasteiger partial charge is 0.305 e. The Labute approximate surface area is 333 Å². The first kappa shape index (κ1) is 34.1. The van der Waals surface area contributed by atoms with Crippen LogP contribution >= 0.6 is 11.3 Å². The molecule has 0 amide bonds. The summed E-state index contributed by atoms with van der Waals surface area (Å²) in [4.78, 5) is 9.30. The van der Waals surface area contributed by atoms with Crippen molar-refractivity contribution in [3.8, 4) is 33.6 Å². The van der Waals surface area contributed by atoms with E-state index in [2.05, 4.69) is 97.4 Å². The molecule has 0 spiro atoms. The molecule has 52 heavy (non-hydrogen) atoms. The van der Waals surface area contributed by atoms with Crippen LogP contribution in [0.1, 0.15) is 67.1 Å². The molecule has 267 valence electrons. The average molecular weight is 896 g/mol. The maximum atomic E-state index is 9.04. The van der Waals surface area contributed by atoms with Gasteiger partial charge in [-0.05, 0) is 80.9 Å². The van der Waals surface area contributed by atoms with Crippen molar-refractivity contribution in [2.24, 2.45) is 5.92 Å². The van der Waals surface area contributed by atoms with E-state index in [0.717, 1.165) is 64.5 Å². The second-order valence-corrected chi connectivity index (χ2v) is 20.9. The van der Waals surface area contributed by atoms with Crippen molar-refractivity contribution in [1.29, 1.82) is 0 Å². The number of thiophene rings is 1. The minimum atomic E-state index is -1.67. The van der Waals surface area contributed by atoms with Crippen LogP contribution in [0.5, 0.6) is 0 Å². The maximum Gasteiger partial charge on any atom is 0.0798 e. The summed E-state index contributed by atoms with van der Waals surface area (Å²) in [5.41, 5.74) is 8.05. The molecule has 5 heteroatoms. The molecule has 1 saturated carbocycles. The smallest absolute Gasteiger partial charge is 0.0798 e. The summed E-state index contributed by atoms with van der Waals surface area (Å²) >= 11 is 1.81. The topological polar surface area (TPSA) is 25.8 Å². The van der Waals surface area contributed by atoms with E-state index >= 15 is 0 Å². The van der Waals surface area contributed by atoms with Crippen LogP contribution in [0.4, 0.5) is 0 Å². The van der Waals surface area contributed by atoms with Crippen LogP contribution in [0.2, 0.25) is 19.6 Å². The average Bonchev–Trinajstić information content (AvgIpc) is 3.57. The van der Waals surface area contributed by atoms with Gasteiger partial charge in [-0.15, -0.1) is 59.7 Å². The van der Waals surface area contributed by atoms with Gasteiger partial charge < -0.3 is 9.97 Å². The van der Waals surface area contributed by atoms with Crippen molar-refractivity contribution in [3.05, 3.63) is 139 Å². The maximum absolute atomic E-state index is 9.04. The van der Waals surface area contributed by atoms with E-state index in [4.69, 9.17) is 9.10 Å². The minimum absolute atomic E-state index is 0. The fraction of sp³-hybridized carbons (Fsp3) is 0.277. The number of aromatic nitrogens is 2. The zero-order valence-electron chi connectivity index (χ0n) is 33.7. The Morgan fingerprint density at radius 2 is 1.60 bits per heavy atom. The Morgan fingerprint density at radius 3 is 2.33 bits per heavy atom. The SMILES string of the molecule is [2H]C([2H])(c1cc(-c2[c-]cccc2)ncc1[Si](C)(C)C)C(C)C.[2H]C1(c2ccnc(-c3[c-]ccc4c3sc3cc(-c5ccccc5)ccc34)c2)CCCCC1.[Ir]. The monoisotopic (exact) mass is 896 g/mol. The minimum Gasteiger partial charge on any atom is -0.305 e. The number of rotatable bonds is 7. The van der Waals surface area contributed by atoms with Crippen LogP contribution in [-0.2, 0) is 26.5 Å². The normalized spacial score (nSPS) is 15.2. The van der Waals surface area contributed by atoms with Crippen molar-refractivity contribution in [2.45, 2.75) is 77.9 Å². The standard InChI is InChI=1S/C29H24NS.C18H24NSi.Ir/c1-3-8-20(9-4-1)22-14-15-24-25-12-7-13-26(29(25)31-28(24)19-22)27-18-23(16-17-30-27)21-10-5-2-6-11-21;1-14(2)11-16-12-17(15-9-7-6-8-10-15)19-13-18(16)20(3,4)5;/h1,3-4,7-9,12,14-19,21H,2,5-6,10-11H2;6-9,12-14H,11H2,1-5H3;/q2*-1;/i21D;11D2;. The molecule has 7 aromatic rings. The van der Waals surface area contributed by atoms with Gasteiger partial charge in [0.15, 0.2) is 0 Å². The van der Waals surface area contributed by atoms with E-state index in [0.29, 0.717) is 0 Å². The molecule has 0 aliphatic heterocycles. The van der Waals surface area contributed by atoms with Crippen LogP contribution in [0.3, 0.4) is 0 Å². The van der Waals surface area contributed by atoms with Gasteiger partial charge in [0.25, 0.3) is 0 Å². The summed E-state index contributed by atoms with van der Waals surface area (Å²) in [5.74, 6) is -0.563. The molecule has 1 radical (unpaired) electrons. The first-order valence-corrected chi connectivity index (χ1v) is 22.5. The van der Waals surface area contributed by atoms with Crippen molar-refractivity contribution in [1.82, 2.24) is 9.97 Å². The van der Waals surface area contributed by atoms with Crippen LogP contribution < -0.4 is 5.19 Å². The molecule has 2 nitrogen and oxygen atoms in total. The molecule has 3 aromatic heterocycles. The van der Waals surface area contributed by atoms with Crippen molar-refractivity contribution in [3.63, 3.8) is 0 Å². The molecule has 1 aliphatic carbocycles. The third-order valence-electron chi connectivity index (χ3n) is 9.56. The van der Waals surface area contributed by atoms with Gasteiger partial charge in [-0.2, -0.15) is 11.3 Å². The molecule has 0 unspecified atom stereocenters. The predicted molar refractivity (Wildman–Crippen MR) is 223 cm³/mol. The predicted octanol–water partition coefficient (Wildman–Crippen LogP) is 12.9. The molecule has 0 bridgehead atoms. The van der Waals surface area contributed by atoms with Gasteiger partial charge in [-0.3, -0.25) is 0 Å². The number of benzene rings is 4. The van der Waals surface area contributed by atoms with E-state index in [1.165, 1.54) is 37.7 Å². The summed E-state index contributed by atoms with van der Waals surface area (Å²) in [5, 5.41) is 3.63. The summed E-state index contributed by atoms with van der Waals surface area (Å²) < 4.78 is 28.6. The van der Waals surface area contributed by atoms with Crippen molar-refractivity contribution >= 4 is 44.8 Å². The van der Waals surface area contributed by atoms with Gasteiger partial charge in [-0.1, -0.05) is 124 Å². The molecule has 8 rings (SSSR count). The zero-order valence-corrected chi connectivity index (χ0v) is 34.9. The second-order valence-electron chi connectivity index (χ2n) is 14.8. The van der Waals surface area contributed by atoms with Gasteiger partial charge >= 0.3 is 0 Å². The number of nitrogens with zero attached hydrogens (tertiary/aromatic N) is 2. The Morgan fingerprint density at radius 1 is 0.808 bits per heavy atom. The fourth-order valence-corrected chi connectivity index (χ4v) is 9.63. The first-order valence-electron chi connectivity index (χ1n) is 19.7. The van der Waals surface area contributed by atoms with Gasteiger partial charge in [0.2, 0.25) is 0 Å². The molecule has 4 aromatic carbocycles. The van der Waals surface area contributed by atoms with Crippen LogP contribution in [-0.4, -0.2) is 18.0 Å². The van der Waals surface area contributed by atoms with Gasteiger partial charge in [0, 0.05) is 41.3 Å². The summed E-state index contributed by atoms with van der Waals surface area (Å²) in [6, 6.07) is 41.9. The quantitative estimate of drug-likeness (QED) is 0.118. The van der Waals surface area contributed by atoms with E-state index in [1.807, 2.05) is 80.0 Å². The summed E-state index contributed by atoms with van der Waals surface area (Å²) in [7, 11) is -1.67. The molecule has 0 N–H and O–H groups in total. The number of hydrogen-bond acceptors (Lipinski definition) is 3. The van der Waals surface area contributed by atoms with E-state index in [-0.39, 0.29) is 26.0 Å². The van der Waals surface area contributed by atoms with Crippen LogP contribution in [0.15, 0.2) is 116 Å². The molecule has 3 heterocycles. The van der Waals surface area contributed by atoms with Gasteiger partial charge in [0.05, 0.1) is 8.07 Å². The molecular weight excluding hydrogens is 845 g/mol. The zero-order chi connectivity index (χ0) is 38.1. The van der Waals surface area contributed by atoms with E-state index in [9.17, 15) is 0 Å². The van der Waals surface area contributed by atoms with Crippen molar-refractivity contribution < 1.29 is 24.2 Å². The molecule has 1 fully saturated rings. The van der Waals surface area contributed by atoms with Crippen LogP contribution in [0.25, 0.3) is 53.8 Å². The Hall–Kier alpha value is -3.73. The molecular formula is C47H48IrN2SSi-2. The second kappa shape index (κ2) is 16.9. The molecule has 1 aliphatic rings. The third kappa shape index (κ3) is 8.72. The van der Waals surface area contributed by atoms with Gasteiger partial charge in [0.1, 0.15) is 0 Å². The van der Waals surface area contributed by atoms with Crippen molar-refractivity contribution in [2.75, 3.05) is 0 Å². The van der Waals surface area contributed by atoms with Crippen LogP contribution in [0, 0.1) is 18.1 Å². The first-order chi connectivity index (χ1) is 25.8. The number of fused-ring (bicyclic) bond motifs is 3. The Balaban J connectivity index is 0.000000198.